The summed E-state index contributed by atoms with van der Waals surface area (Å²) < 4.78 is 5.26. The first-order valence-corrected chi connectivity index (χ1v) is 5.53. The number of hydrogen-bond acceptors (Lipinski definition) is 3. The zero-order valence-electron chi connectivity index (χ0n) is 9.41. The van der Waals surface area contributed by atoms with E-state index in [2.05, 4.69) is 5.32 Å². The van der Waals surface area contributed by atoms with Crippen LogP contribution in [-0.2, 0) is 9.53 Å². The van der Waals surface area contributed by atoms with E-state index in [0.29, 0.717) is 18.6 Å². The number of ether oxygens (including phenoxy) is 1. The largest absolute Gasteiger partial charge is 0.446 e. The highest BCUT2D eigenvalue weighted by Gasteiger charge is 2.24. The zero-order valence-corrected chi connectivity index (χ0v) is 9.41. The second-order valence-corrected chi connectivity index (χ2v) is 4.14. The lowest BCUT2D eigenvalue weighted by Crippen LogP contribution is -2.31. The number of amides is 1. The van der Waals surface area contributed by atoms with Crippen LogP contribution in [0.5, 0.6) is 0 Å². The molecule has 0 aromatic rings. The average molecular weight is 213 g/mol. The Bertz CT molecular complexity index is 240. The number of alkyl carbamates (subject to hydrolysis) is 1. The van der Waals surface area contributed by atoms with Gasteiger partial charge in [0.2, 0.25) is 0 Å². The molecule has 1 amide bonds. The highest BCUT2D eigenvalue weighted by atomic mass is 16.6. The van der Waals surface area contributed by atoms with Crippen LogP contribution >= 0.6 is 0 Å². The SMILES string of the molecule is CNC(=O)OC1CCCC(=O)CC[C@@H]1C. The number of ketones is 1. The van der Waals surface area contributed by atoms with Crippen LogP contribution in [0.25, 0.3) is 0 Å². The predicted octanol–water partition coefficient (Wildman–Crippen LogP) is 1.88. The Kier molecular flexibility index (Phi) is 4.59. The summed E-state index contributed by atoms with van der Waals surface area (Å²) in [7, 11) is 1.56. The van der Waals surface area contributed by atoms with Crippen molar-refractivity contribution >= 4 is 11.9 Å². The fraction of sp³-hybridized carbons (Fsp3) is 0.818. The molecule has 0 bridgehead atoms. The van der Waals surface area contributed by atoms with Crippen LogP contribution in [0.3, 0.4) is 0 Å². The van der Waals surface area contributed by atoms with Gasteiger partial charge in [-0.2, -0.15) is 0 Å². The first-order chi connectivity index (χ1) is 7.13. The van der Waals surface area contributed by atoms with Crippen LogP contribution in [0, 0.1) is 5.92 Å². The third kappa shape index (κ3) is 3.90. The lowest BCUT2D eigenvalue weighted by Gasteiger charge is -2.25. The molecule has 0 radical (unpaired) electrons. The van der Waals surface area contributed by atoms with Gasteiger partial charge in [-0.1, -0.05) is 6.92 Å². The normalized spacial score (nSPS) is 27.7. The summed E-state index contributed by atoms with van der Waals surface area (Å²) in [6, 6.07) is 0. The summed E-state index contributed by atoms with van der Waals surface area (Å²) in [4.78, 5) is 22.3. The molecular formula is C11H19NO3. The maximum Gasteiger partial charge on any atom is 0.407 e. The van der Waals surface area contributed by atoms with Crippen LogP contribution in [0.15, 0.2) is 0 Å². The van der Waals surface area contributed by atoms with Crippen molar-refractivity contribution in [1.29, 1.82) is 0 Å². The van der Waals surface area contributed by atoms with Crippen LogP contribution in [0.2, 0.25) is 0 Å². The maximum atomic E-state index is 11.2. The molecule has 1 unspecified atom stereocenters. The third-order valence-electron chi connectivity index (χ3n) is 2.92. The van der Waals surface area contributed by atoms with Gasteiger partial charge < -0.3 is 10.1 Å². The minimum Gasteiger partial charge on any atom is -0.446 e. The third-order valence-corrected chi connectivity index (χ3v) is 2.92. The van der Waals surface area contributed by atoms with E-state index < -0.39 is 0 Å². The van der Waals surface area contributed by atoms with Gasteiger partial charge in [0, 0.05) is 19.9 Å². The molecule has 1 N–H and O–H groups in total. The Morgan fingerprint density at radius 1 is 1.40 bits per heavy atom. The van der Waals surface area contributed by atoms with Crippen LogP contribution in [-0.4, -0.2) is 25.0 Å². The van der Waals surface area contributed by atoms with Gasteiger partial charge in [-0.3, -0.25) is 4.79 Å². The van der Waals surface area contributed by atoms with E-state index in [1.165, 1.54) is 0 Å². The fourth-order valence-electron chi connectivity index (χ4n) is 1.86. The van der Waals surface area contributed by atoms with Crippen molar-refractivity contribution < 1.29 is 14.3 Å². The van der Waals surface area contributed by atoms with Crippen LogP contribution in [0.1, 0.15) is 39.0 Å². The minimum atomic E-state index is -0.376. The highest BCUT2D eigenvalue weighted by molar-refractivity contribution is 5.78. The Labute approximate surface area is 90.4 Å². The van der Waals surface area contributed by atoms with Gasteiger partial charge in [0.15, 0.2) is 0 Å². The topological polar surface area (TPSA) is 55.4 Å². The van der Waals surface area contributed by atoms with E-state index in [-0.39, 0.29) is 18.1 Å². The summed E-state index contributed by atoms with van der Waals surface area (Å²) in [5.74, 6) is 0.604. The molecule has 2 atom stereocenters. The number of Topliss-reactive ketones (excluding diaryl/α,β-unsaturated/α-hetero) is 1. The second-order valence-electron chi connectivity index (χ2n) is 4.14. The van der Waals surface area contributed by atoms with Crippen LogP contribution < -0.4 is 5.32 Å². The molecule has 0 aromatic carbocycles. The number of hydrogen-bond donors (Lipinski definition) is 1. The van der Waals surface area contributed by atoms with Crippen LogP contribution in [0.4, 0.5) is 4.79 Å². The van der Waals surface area contributed by atoms with E-state index in [9.17, 15) is 9.59 Å². The van der Waals surface area contributed by atoms with Crippen molar-refractivity contribution in [2.45, 2.75) is 45.1 Å². The summed E-state index contributed by atoms with van der Waals surface area (Å²) in [6.07, 6.45) is 3.26. The molecular weight excluding hydrogens is 194 g/mol. The Morgan fingerprint density at radius 3 is 2.80 bits per heavy atom. The van der Waals surface area contributed by atoms with Gasteiger partial charge in [-0.05, 0) is 25.2 Å². The van der Waals surface area contributed by atoms with E-state index in [0.717, 1.165) is 19.3 Å². The van der Waals surface area contributed by atoms with Gasteiger partial charge in [0.25, 0.3) is 0 Å². The minimum absolute atomic E-state index is 0.0435. The number of nitrogens with one attached hydrogen (secondary N) is 1. The first kappa shape index (κ1) is 12.0. The molecule has 15 heavy (non-hydrogen) atoms. The average Bonchev–Trinajstić information content (AvgIpc) is 2.22. The quantitative estimate of drug-likeness (QED) is 0.723. The van der Waals surface area contributed by atoms with Crippen molar-refractivity contribution in [2.24, 2.45) is 5.92 Å². The molecule has 0 heterocycles. The standard InChI is InChI=1S/C11H19NO3/c1-8-6-7-9(13)4-3-5-10(8)15-11(14)12-2/h8,10H,3-7H2,1-2H3,(H,12,14)/t8-,10?/m0/s1. The molecule has 4 nitrogen and oxygen atoms in total. The summed E-state index contributed by atoms with van der Waals surface area (Å²) in [6.45, 7) is 2.03. The smallest absolute Gasteiger partial charge is 0.407 e. The monoisotopic (exact) mass is 213 g/mol. The Morgan fingerprint density at radius 2 is 2.13 bits per heavy atom. The van der Waals surface area contributed by atoms with Crippen molar-refractivity contribution in [3.63, 3.8) is 0 Å². The lowest BCUT2D eigenvalue weighted by molar-refractivity contribution is -0.120. The van der Waals surface area contributed by atoms with Crippen molar-refractivity contribution in [3.05, 3.63) is 0 Å². The number of rotatable bonds is 1. The van der Waals surface area contributed by atoms with E-state index in [4.69, 9.17) is 4.74 Å². The highest BCUT2D eigenvalue weighted by Crippen LogP contribution is 2.23. The Hall–Kier alpha value is -1.06. The summed E-state index contributed by atoms with van der Waals surface area (Å²) in [5, 5.41) is 2.45. The fourth-order valence-corrected chi connectivity index (χ4v) is 1.86. The van der Waals surface area contributed by atoms with Crippen molar-refractivity contribution in [2.75, 3.05) is 7.05 Å². The predicted molar refractivity (Wildman–Crippen MR) is 56.6 cm³/mol. The molecule has 0 aliphatic heterocycles. The zero-order chi connectivity index (χ0) is 11.3. The van der Waals surface area contributed by atoms with Gasteiger partial charge in [0.05, 0.1) is 0 Å². The Balaban J connectivity index is 2.47. The lowest BCUT2D eigenvalue weighted by atomic mass is 9.89. The van der Waals surface area contributed by atoms with Gasteiger partial charge in [-0.25, -0.2) is 4.79 Å². The second kappa shape index (κ2) is 5.73. The molecule has 0 spiro atoms. The molecule has 1 aliphatic carbocycles. The van der Waals surface area contributed by atoms with E-state index in [1.54, 1.807) is 7.05 Å². The van der Waals surface area contributed by atoms with E-state index >= 15 is 0 Å². The summed E-state index contributed by atoms with van der Waals surface area (Å²) in [5.41, 5.74) is 0. The first-order valence-electron chi connectivity index (χ1n) is 5.53. The molecule has 1 fully saturated rings. The van der Waals surface area contributed by atoms with Gasteiger partial charge in [-0.15, -0.1) is 0 Å². The van der Waals surface area contributed by atoms with Crippen molar-refractivity contribution in [1.82, 2.24) is 5.32 Å². The number of carbonyl (C=O) groups is 2. The van der Waals surface area contributed by atoms with Crippen molar-refractivity contribution in [3.8, 4) is 0 Å². The van der Waals surface area contributed by atoms with Gasteiger partial charge >= 0.3 is 6.09 Å². The molecule has 86 valence electrons. The molecule has 0 aromatic heterocycles. The molecule has 4 heteroatoms. The molecule has 1 rings (SSSR count). The van der Waals surface area contributed by atoms with Gasteiger partial charge in [0.1, 0.15) is 11.9 Å². The molecule has 1 aliphatic rings. The van der Waals surface area contributed by atoms with E-state index in [1.807, 2.05) is 6.92 Å². The molecule has 0 saturated heterocycles. The number of carbonyl (C=O) groups excluding carboxylic acids is 2. The summed E-state index contributed by atoms with van der Waals surface area (Å²) >= 11 is 0. The molecule has 1 saturated carbocycles. The maximum absolute atomic E-state index is 11.2.